The second-order valence-corrected chi connectivity index (χ2v) is 10.3. The van der Waals surface area contributed by atoms with Crippen LogP contribution in [0.5, 0.6) is 11.5 Å². The molecule has 3 heterocycles. The van der Waals surface area contributed by atoms with E-state index >= 15 is 0 Å². The molecule has 0 radical (unpaired) electrons. The molecule has 4 aliphatic rings. The minimum Gasteiger partial charge on any atom is -0.497 e. The van der Waals surface area contributed by atoms with Crippen molar-refractivity contribution in [3.8, 4) is 22.6 Å². The fourth-order valence-electron chi connectivity index (χ4n) is 5.87. The van der Waals surface area contributed by atoms with Gasteiger partial charge in [0.25, 0.3) is 0 Å². The summed E-state index contributed by atoms with van der Waals surface area (Å²) in [4.78, 5) is 15.3. The van der Waals surface area contributed by atoms with E-state index in [2.05, 4.69) is 42.3 Å². The summed E-state index contributed by atoms with van der Waals surface area (Å²) in [5.41, 5.74) is 4.38. The zero-order valence-corrected chi connectivity index (χ0v) is 20.0. The first-order valence-electron chi connectivity index (χ1n) is 11.9. The van der Waals surface area contributed by atoms with E-state index in [9.17, 15) is 4.79 Å². The number of ether oxygens (including phenoxy) is 3. The lowest BCUT2D eigenvalue weighted by atomic mass is 9.85. The van der Waals surface area contributed by atoms with Gasteiger partial charge < -0.3 is 19.5 Å². The smallest absolute Gasteiger partial charge is 0.407 e. The van der Waals surface area contributed by atoms with Crippen molar-refractivity contribution in [1.29, 1.82) is 0 Å². The summed E-state index contributed by atoms with van der Waals surface area (Å²) in [7, 11) is 3.35. The number of carbonyl (C=O) groups is 1. The van der Waals surface area contributed by atoms with Crippen LogP contribution in [0, 0.1) is 11.3 Å². The number of methoxy groups -OCH3 is 2. The summed E-state index contributed by atoms with van der Waals surface area (Å²) < 4.78 is 16.9. The minimum atomic E-state index is -0.293. The zero-order valence-electron chi connectivity index (χ0n) is 20.0. The van der Waals surface area contributed by atoms with Gasteiger partial charge in [0.2, 0.25) is 0 Å². The molecule has 1 N–H and O–H groups in total. The van der Waals surface area contributed by atoms with Crippen LogP contribution in [-0.4, -0.2) is 51.0 Å². The molecule has 2 aromatic rings. The minimum absolute atomic E-state index is 0.0133. The normalized spacial score (nSPS) is 27.0. The Bertz CT molecular complexity index is 1040. The Morgan fingerprint density at radius 3 is 2.52 bits per heavy atom. The number of rotatable bonds is 5. The van der Waals surface area contributed by atoms with Crippen LogP contribution in [0.1, 0.15) is 43.9 Å². The maximum absolute atomic E-state index is 12.9. The van der Waals surface area contributed by atoms with Gasteiger partial charge in [-0.25, -0.2) is 4.79 Å². The number of carbonyl (C=O) groups excluding carboxylic acids is 1. The number of nitrogens with zero attached hydrogens (tertiary/aromatic N) is 1. The van der Waals surface area contributed by atoms with Crippen molar-refractivity contribution in [3.63, 3.8) is 0 Å². The van der Waals surface area contributed by atoms with Crippen LogP contribution < -0.4 is 14.8 Å². The predicted octanol–water partition coefficient (Wildman–Crippen LogP) is 4.81. The number of amides is 1. The lowest BCUT2D eigenvalue weighted by Crippen LogP contribution is -2.53. The quantitative estimate of drug-likeness (QED) is 0.708. The second kappa shape index (κ2) is 8.56. The fourth-order valence-corrected chi connectivity index (χ4v) is 5.87. The topological polar surface area (TPSA) is 60.0 Å². The molecule has 3 fully saturated rings. The van der Waals surface area contributed by atoms with Gasteiger partial charge in [-0.3, -0.25) is 4.90 Å². The summed E-state index contributed by atoms with van der Waals surface area (Å²) in [5.74, 6) is 2.11. The number of fused-ring (bicyclic) bond motifs is 4. The molecule has 0 saturated carbocycles. The zero-order chi connectivity index (χ0) is 23.2. The van der Waals surface area contributed by atoms with Crippen molar-refractivity contribution in [2.24, 2.45) is 11.3 Å². The number of hydrogen-bond donors (Lipinski definition) is 1. The summed E-state index contributed by atoms with van der Waals surface area (Å²) in [6, 6.07) is 12.2. The van der Waals surface area contributed by atoms with Crippen LogP contribution in [0.25, 0.3) is 11.1 Å². The highest BCUT2D eigenvalue weighted by molar-refractivity contribution is 5.74. The molecule has 33 heavy (non-hydrogen) atoms. The molecule has 6 nitrogen and oxygen atoms in total. The van der Waals surface area contributed by atoms with Crippen LogP contribution in [-0.2, 0) is 11.2 Å². The van der Waals surface area contributed by atoms with Gasteiger partial charge in [0.05, 0.1) is 20.3 Å². The Hall–Kier alpha value is -2.73. The summed E-state index contributed by atoms with van der Waals surface area (Å²) >= 11 is 0. The first-order chi connectivity index (χ1) is 15.9. The lowest BCUT2D eigenvalue weighted by Gasteiger charge is -2.44. The van der Waals surface area contributed by atoms with Crippen LogP contribution in [0.3, 0.4) is 0 Å². The lowest BCUT2D eigenvalue weighted by molar-refractivity contribution is -0.0348. The van der Waals surface area contributed by atoms with Crippen LogP contribution in [0.15, 0.2) is 36.4 Å². The molecule has 3 aliphatic heterocycles. The molecule has 6 rings (SSSR count). The van der Waals surface area contributed by atoms with Gasteiger partial charge in [-0.2, -0.15) is 0 Å². The molecule has 1 unspecified atom stereocenters. The molecule has 6 heteroatoms. The number of benzene rings is 2. The van der Waals surface area contributed by atoms with E-state index in [4.69, 9.17) is 14.2 Å². The summed E-state index contributed by atoms with van der Waals surface area (Å²) in [5, 5.41) is 3.21. The van der Waals surface area contributed by atoms with Crippen LogP contribution in [0.4, 0.5) is 4.79 Å². The Balaban J connectivity index is 1.36. The Morgan fingerprint density at radius 1 is 1.06 bits per heavy atom. The monoisotopic (exact) mass is 450 g/mol. The molecule has 2 atom stereocenters. The van der Waals surface area contributed by atoms with Crippen molar-refractivity contribution in [3.05, 3.63) is 47.5 Å². The number of alkyl carbamates (subject to hydrolysis) is 1. The summed E-state index contributed by atoms with van der Waals surface area (Å²) in [6.07, 6.45) is 2.86. The maximum Gasteiger partial charge on any atom is 0.407 e. The largest absolute Gasteiger partial charge is 0.497 e. The predicted molar refractivity (Wildman–Crippen MR) is 128 cm³/mol. The van der Waals surface area contributed by atoms with Gasteiger partial charge in [0.15, 0.2) is 0 Å². The molecular formula is C27H34N2O4. The van der Waals surface area contributed by atoms with E-state index in [1.165, 1.54) is 5.56 Å². The molecule has 2 bridgehead atoms. The van der Waals surface area contributed by atoms with Crippen molar-refractivity contribution in [2.75, 3.05) is 33.9 Å². The molecule has 176 valence electrons. The molecular weight excluding hydrogens is 416 g/mol. The maximum atomic E-state index is 12.9. The van der Waals surface area contributed by atoms with Gasteiger partial charge in [-0.1, -0.05) is 32.0 Å². The molecule has 1 aliphatic carbocycles. The van der Waals surface area contributed by atoms with E-state index in [0.29, 0.717) is 5.92 Å². The van der Waals surface area contributed by atoms with Crippen LogP contribution in [0.2, 0.25) is 0 Å². The highest BCUT2D eigenvalue weighted by Crippen LogP contribution is 2.47. The third-order valence-electron chi connectivity index (χ3n) is 7.72. The van der Waals surface area contributed by atoms with Gasteiger partial charge in [-0.15, -0.1) is 0 Å². The van der Waals surface area contributed by atoms with Crippen molar-refractivity contribution in [2.45, 2.75) is 45.3 Å². The second-order valence-electron chi connectivity index (χ2n) is 10.3. The molecule has 0 spiro atoms. The number of nitrogens with one attached hydrogen (secondary N) is 1. The Labute approximate surface area is 196 Å². The third-order valence-corrected chi connectivity index (χ3v) is 7.72. The Morgan fingerprint density at radius 2 is 1.85 bits per heavy atom. The van der Waals surface area contributed by atoms with E-state index in [0.717, 1.165) is 67.1 Å². The van der Waals surface area contributed by atoms with Gasteiger partial charge >= 0.3 is 6.09 Å². The number of piperidine rings is 3. The first-order valence-corrected chi connectivity index (χ1v) is 11.9. The standard InChI is InChI=1S/C27H34N2O4/c1-27(2)15-19-13-18(22-14-20(31-3)6-8-23(22)32-4)5-7-21(19)25(27)28-26(30)33-24-16-29-11-9-17(24)10-12-29/h5-8,13-14,17,24-25H,9-12,15-16H2,1-4H3,(H,28,30)/t24-,25?/m0/s1. The SMILES string of the molecule is COc1ccc(OC)c(-c2ccc3c(c2)CC(C)(C)C3NC(=O)O[C@H]2CN3CCC2CC3)c1. The van der Waals surface area contributed by atoms with Gasteiger partial charge in [0.1, 0.15) is 17.6 Å². The van der Waals surface area contributed by atoms with Crippen LogP contribution >= 0.6 is 0 Å². The third kappa shape index (κ3) is 4.17. The highest BCUT2D eigenvalue weighted by Gasteiger charge is 2.42. The average Bonchev–Trinajstić information content (AvgIpc) is 3.07. The Kier molecular flexibility index (Phi) is 5.73. The first kappa shape index (κ1) is 22.1. The molecule has 3 saturated heterocycles. The fraction of sp³-hybridized carbons (Fsp3) is 0.519. The van der Waals surface area contributed by atoms with Crippen molar-refractivity contribution in [1.82, 2.24) is 10.2 Å². The number of hydrogen-bond acceptors (Lipinski definition) is 5. The van der Waals surface area contributed by atoms with Gasteiger partial charge in [0, 0.05) is 12.1 Å². The molecule has 1 amide bonds. The van der Waals surface area contributed by atoms with Crippen molar-refractivity contribution >= 4 is 6.09 Å². The molecule has 0 aromatic heterocycles. The average molecular weight is 451 g/mol. The van der Waals surface area contributed by atoms with Crippen molar-refractivity contribution < 1.29 is 19.0 Å². The van der Waals surface area contributed by atoms with Gasteiger partial charge in [-0.05, 0) is 78.6 Å². The van der Waals surface area contributed by atoms with E-state index < -0.39 is 0 Å². The highest BCUT2D eigenvalue weighted by atomic mass is 16.6. The molecule has 2 aromatic carbocycles. The summed E-state index contributed by atoms with van der Waals surface area (Å²) in [6.45, 7) is 7.55. The van der Waals surface area contributed by atoms with E-state index in [1.807, 2.05) is 18.2 Å². The van der Waals surface area contributed by atoms with E-state index in [-0.39, 0.29) is 23.7 Å². The van der Waals surface area contributed by atoms with E-state index in [1.54, 1.807) is 14.2 Å².